The minimum atomic E-state index is -0.954. The molecule has 1 unspecified atom stereocenters. The molecular weight excluding hydrogens is 249 g/mol. The van der Waals surface area contributed by atoms with Crippen molar-refractivity contribution < 1.29 is 19.1 Å². The van der Waals surface area contributed by atoms with Crippen molar-refractivity contribution in [3.63, 3.8) is 0 Å². The molecule has 1 amide bonds. The summed E-state index contributed by atoms with van der Waals surface area (Å²) in [5.41, 5.74) is 0.327. The number of hydrogen-bond donors (Lipinski definition) is 1. The van der Waals surface area contributed by atoms with Crippen LogP contribution >= 0.6 is 0 Å². The average Bonchev–Trinajstić information content (AvgIpc) is 2.32. The third-order valence-corrected chi connectivity index (χ3v) is 2.96. The zero-order valence-corrected chi connectivity index (χ0v) is 11.1. The molecule has 0 saturated heterocycles. The Bertz CT molecular complexity index is 462. The van der Waals surface area contributed by atoms with Gasteiger partial charge in [0.2, 0.25) is 5.91 Å². The summed E-state index contributed by atoms with van der Waals surface area (Å²) >= 11 is 0. The van der Waals surface area contributed by atoms with E-state index >= 15 is 0 Å². The molecule has 4 nitrogen and oxygen atoms in total. The molecule has 19 heavy (non-hydrogen) atoms. The highest BCUT2D eigenvalue weighted by Gasteiger charge is 2.21. The second-order valence-corrected chi connectivity index (χ2v) is 4.39. The smallest absolute Gasteiger partial charge is 0.305 e. The lowest BCUT2D eigenvalue weighted by atomic mass is 10.1. The molecule has 1 aromatic carbocycles. The average molecular weight is 267 g/mol. The number of nitrogens with zero attached hydrogens (tertiary/aromatic N) is 1. The third kappa shape index (κ3) is 4.35. The maximum Gasteiger partial charge on any atom is 0.305 e. The van der Waals surface area contributed by atoms with E-state index in [1.165, 1.54) is 11.0 Å². The van der Waals surface area contributed by atoms with Gasteiger partial charge in [0.15, 0.2) is 0 Å². The number of likely N-dealkylation sites (N-methyl/N-ethyl adjacent to an activating group) is 1. The highest BCUT2D eigenvalue weighted by Crippen LogP contribution is 2.11. The van der Waals surface area contributed by atoms with E-state index in [-0.39, 0.29) is 18.7 Å². The van der Waals surface area contributed by atoms with Gasteiger partial charge in [-0.15, -0.1) is 0 Å². The molecule has 0 aromatic heterocycles. The number of carbonyl (C=O) groups excluding carboxylic acids is 1. The predicted molar refractivity (Wildman–Crippen MR) is 69.2 cm³/mol. The Morgan fingerprint density at radius 2 is 2.00 bits per heavy atom. The van der Waals surface area contributed by atoms with E-state index < -0.39 is 17.8 Å². The first kappa shape index (κ1) is 15.1. The Kier molecular flexibility index (Phi) is 5.48. The van der Waals surface area contributed by atoms with E-state index in [9.17, 15) is 14.0 Å². The van der Waals surface area contributed by atoms with Crippen molar-refractivity contribution in [2.75, 3.05) is 6.54 Å². The first-order chi connectivity index (χ1) is 8.95. The summed E-state index contributed by atoms with van der Waals surface area (Å²) in [4.78, 5) is 24.2. The first-order valence-electron chi connectivity index (χ1n) is 6.20. The molecule has 1 aromatic rings. The normalized spacial score (nSPS) is 11.9. The molecule has 0 aliphatic heterocycles. The highest BCUT2D eigenvalue weighted by molar-refractivity contribution is 5.80. The molecule has 0 heterocycles. The van der Waals surface area contributed by atoms with Gasteiger partial charge in [0.25, 0.3) is 0 Å². The van der Waals surface area contributed by atoms with E-state index in [2.05, 4.69) is 0 Å². The second kappa shape index (κ2) is 6.87. The zero-order valence-electron chi connectivity index (χ0n) is 11.1. The van der Waals surface area contributed by atoms with E-state index in [1.54, 1.807) is 32.0 Å². The largest absolute Gasteiger partial charge is 0.481 e. The fourth-order valence-electron chi connectivity index (χ4n) is 2.00. The van der Waals surface area contributed by atoms with Crippen molar-refractivity contribution in [2.45, 2.75) is 32.7 Å². The van der Waals surface area contributed by atoms with Crippen LogP contribution in [0.1, 0.15) is 25.8 Å². The van der Waals surface area contributed by atoms with Gasteiger partial charge in [0.05, 0.1) is 12.8 Å². The Morgan fingerprint density at radius 3 is 2.53 bits per heavy atom. The minimum Gasteiger partial charge on any atom is -0.481 e. The van der Waals surface area contributed by atoms with E-state index in [1.807, 2.05) is 0 Å². The lowest BCUT2D eigenvalue weighted by Gasteiger charge is -2.27. The van der Waals surface area contributed by atoms with Crippen molar-refractivity contribution in [1.82, 2.24) is 4.90 Å². The maximum atomic E-state index is 13.5. The van der Waals surface area contributed by atoms with E-state index in [4.69, 9.17) is 5.11 Å². The van der Waals surface area contributed by atoms with E-state index in [0.29, 0.717) is 12.1 Å². The van der Waals surface area contributed by atoms with Gasteiger partial charge < -0.3 is 10.0 Å². The van der Waals surface area contributed by atoms with Gasteiger partial charge >= 0.3 is 5.97 Å². The van der Waals surface area contributed by atoms with Crippen molar-refractivity contribution in [3.05, 3.63) is 35.6 Å². The summed E-state index contributed by atoms with van der Waals surface area (Å²) in [5, 5.41) is 8.75. The number of hydrogen-bond acceptors (Lipinski definition) is 2. The molecule has 1 rings (SSSR count). The summed E-state index contributed by atoms with van der Waals surface area (Å²) in [6.07, 6.45) is -0.165. The third-order valence-electron chi connectivity index (χ3n) is 2.96. The summed E-state index contributed by atoms with van der Waals surface area (Å²) in [5.74, 6) is -1.64. The molecule has 5 heteroatoms. The Morgan fingerprint density at radius 1 is 1.37 bits per heavy atom. The van der Waals surface area contributed by atoms with Crippen LogP contribution in [0.25, 0.3) is 0 Å². The maximum absolute atomic E-state index is 13.5. The van der Waals surface area contributed by atoms with Crippen molar-refractivity contribution in [2.24, 2.45) is 0 Å². The minimum absolute atomic E-state index is 0.0511. The van der Waals surface area contributed by atoms with Gasteiger partial charge in [-0.2, -0.15) is 0 Å². The van der Waals surface area contributed by atoms with Crippen LogP contribution in [0.15, 0.2) is 24.3 Å². The van der Waals surface area contributed by atoms with Crippen molar-refractivity contribution in [3.8, 4) is 0 Å². The molecular formula is C14H18FNO3. The van der Waals surface area contributed by atoms with Crippen molar-refractivity contribution in [1.29, 1.82) is 0 Å². The standard InChI is InChI=1S/C14H18FNO3/c1-3-16(10(2)8-14(18)19)13(17)9-11-6-4-5-7-12(11)15/h4-7,10H,3,8-9H2,1-2H3,(H,18,19). The van der Waals surface area contributed by atoms with Gasteiger partial charge in [0.1, 0.15) is 5.82 Å². The Labute approximate surface area is 111 Å². The molecule has 1 atom stereocenters. The number of carboxylic acid groups (broad SMARTS) is 1. The van der Waals surface area contributed by atoms with Gasteiger partial charge in [-0.1, -0.05) is 18.2 Å². The van der Waals surface area contributed by atoms with Crippen LogP contribution in [0.4, 0.5) is 4.39 Å². The van der Waals surface area contributed by atoms with E-state index in [0.717, 1.165) is 0 Å². The van der Waals surface area contributed by atoms with Gasteiger partial charge in [-0.05, 0) is 25.5 Å². The van der Waals surface area contributed by atoms with Crippen LogP contribution < -0.4 is 0 Å². The fraction of sp³-hybridized carbons (Fsp3) is 0.429. The quantitative estimate of drug-likeness (QED) is 0.858. The van der Waals surface area contributed by atoms with Crippen LogP contribution in [0.5, 0.6) is 0 Å². The molecule has 0 spiro atoms. The number of benzene rings is 1. The fourth-order valence-corrected chi connectivity index (χ4v) is 2.00. The summed E-state index contributed by atoms with van der Waals surface area (Å²) in [6.45, 7) is 3.86. The van der Waals surface area contributed by atoms with Gasteiger partial charge in [-0.3, -0.25) is 9.59 Å². The molecule has 1 N–H and O–H groups in total. The SMILES string of the molecule is CCN(C(=O)Cc1ccccc1F)C(C)CC(=O)O. The Hall–Kier alpha value is -1.91. The number of rotatable bonds is 6. The lowest BCUT2D eigenvalue weighted by Crippen LogP contribution is -2.40. The molecule has 104 valence electrons. The Balaban J connectivity index is 2.74. The molecule has 0 aliphatic carbocycles. The number of carboxylic acids is 1. The van der Waals surface area contributed by atoms with Crippen LogP contribution in [-0.4, -0.2) is 34.5 Å². The second-order valence-electron chi connectivity index (χ2n) is 4.39. The van der Waals surface area contributed by atoms with Gasteiger partial charge in [0, 0.05) is 12.6 Å². The molecule has 0 aliphatic rings. The number of halogens is 1. The van der Waals surface area contributed by atoms with Gasteiger partial charge in [-0.25, -0.2) is 4.39 Å². The number of amides is 1. The summed E-state index contributed by atoms with van der Waals surface area (Å²) in [6, 6.07) is 5.70. The molecule has 0 fully saturated rings. The number of aliphatic carboxylic acids is 1. The summed E-state index contributed by atoms with van der Waals surface area (Å²) in [7, 11) is 0. The topological polar surface area (TPSA) is 57.6 Å². The molecule has 0 saturated carbocycles. The molecule has 0 radical (unpaired) electrons. The van der Waals surface area contributed by atoms with Crippen LogP contribution in [0.2, 0.25) is 0 Å². The lowest BCUT2D eigenvalue weighted by molar-refractivity contribution is -0.140. The zero-order chi connectivity index (χ0) is 14.4. The molecule has 0 bridgehead atoms. The van der Waals surface area contributed by atoms with Crippen LogP contribution in [0, 0.1) is 5.82 Å². The number of carbonyl (C=O) groups is 2. The van der Waals surface area contributed by atoms with Crippen LogP contribution in [0.3, 0.4) is 0 Å². The highest BCUT2D eigenvalue weighted by atomic mass is 19.1. The monoisotopic (exact) mass is 267 g/mol. The van der Waals surface area contributed by atoms with Crippen molar-refractivity contribution >= 4 is 11.9 Å². The first-order valence-corrected chi connectivity index (χ1v) is 6.20. The summed E-state index contributed by atoms with van der Waals surface area (Å²) < 4.78 is 13.5. The predicted octanol–water partition coefficient (Wildman–Crippen LogP) is 2.08. The van der Waals surface area contributed by atoms with Crippen LogP contribution in [-0.2, 0) is 16.0 Å².